The summed E-state index contributed by atoms with van der Waals surface area (Å²) in [5.41, 5.74) is 3.39. The van der Waals surface area contributed by atoms with Crippen LogP contribution in [0.1, 0.15) is 76.5 Å². The Morgan fingerprint density at radius 3 is 2.25 bits per heavy atom. The van der Waals surface area contributed by atoms with E-state index in [2.05, 4.69) is 64.3 Å². The standard InChI is InChI=1S/C19H31N/c1-6-14(2)15-9-11-16(12-10-15)18(20-5)17-8-7-13-19(17,3)4/h9-12,14,17-18,20H,6-8,13H2,1-5H3. The van der Waals surface area contributed by atoms with Crippen molar-refractivity contribution >= 4 is 0 Å². The molecule has 0 saturated heterocycles. The number of rotatable bonds is 5. The predicted molar refractivity (Wildman–Crippen MR) is 88.1 cm³/mol. The molecule has 0 amide bonds. The van der Waals surface area contributed by atoms with Gasteiger partial charge in [-0.3, -0.25) is 0 Å². The van der Waals surface area contributed by atoms with Crippen molar-refractivity contribution in [2.24, 2.45) is 11.3 Å². The summed E-state index contributed by atoms with van der Waals surface area (Å²) in [6.45, 7) is 9.44. The zero-order chi connectivity index (χ0) is 14.8. The van der Waals surface area contributed by atoms with E-state index in [4.69, 9.17) is 0 Å². The van der Waals surface area contributed by atoms with Crippen LogP contribution in [-0.2, 0) is 0 Å². The zero-order valence-corrected chi connectivity index (χ0v) is 13.9. The average Bonchev–Trinajstić information content (AvgIpc) is 2.79. The van der Waals surface area contributed by atoms with Gasteiger partial charge in [-0.2, -0.15) is 0 Å². The molecular formula is C19H31N. The van der Waals surface area contributed by atoms with Gasteiger partial charge in [-0.1, -0.05) is 58.4 Å². The van der Waals surface area contributed by atoms with Gasteiger partial charge in [0, 0.05) is 6.04 Å². The molecule has 0 aliphatic heterocycles. The van der Waals surface area contributed by atoms with E-state index in [1.165, 1.54) is 36.8 Å². The molecule has 2 rings (SSSR count). The smallest absolute Gasteiger partial charge is 0.0351 e. The summed E-state index contributed by atoms with van der Waals surface area (Å²) in [4.78, 5) is 0. The lowest BCUT2D eigenvalue weighted by Crippen LogP contribution is -2.32. The summed E-state index contributed by atoms with van der Waals surface area (Å²) in [5.74, 6) is 1.42. The number of benzene rings is 1. The minimum atomic E-state index is 0.461. The molecule has 3 unspecified atom stereocenters. The fourth-order valence-electron chi connectivity index (χ4n) is 3.84. The molecule has 1 aliphatic rings. The Kier molecular flexibility index (Phi) is 4.90. The molecule has 0 bridgehead atoms. The minimum absolute atomic E-state index is 0.461. The maximum Gasteiger partial charge on any atom is 0.0351 e. The lowest BCUT2D eigenvalue weighted by molar-refractivity contribution is 0.203. The van der Waals surface area contributed by atoms with Crippen LogP contribution in [0.25, 0.3) is 0 Å². The van der Waals surface area contributed by atoms with Gasteiger partial charge < -0.3 is 5.32 Å². The van der Waals surface area contributed by atoms with Crippen molar-refractivity contribution in [3.8, 4) is 0 Å². The van der Waals surface area contributed by atoms with Crippen molar-refractivity contribution in [1.29, 1.82) is 0 Å². The van der Waals surface area contributed by atoms with Crippen molar-refractivity contribution < 1.29 is 0 Å². The normalized spacial score (nSPS) is 24.6. The molecule has 1 N–H and O–H groups in total. The molecule has 0 aromatic heterocycles. The van der Waals surface area contributed by atoms with E-state index in [1.807, 2.05) is 0 Å². The summed E-state index contributed by atoms with van der Waals surface area (Å²) in [6.07, 6.45) is 5.30. The van der Waals surface area contributed by atoms with E-state index in [-0.39, 0.29) is 0 Å². The first-order valence-corrected chi connectivity index (χ1v) is 8.26. The third-order valence-corrected chi connectivity index (χ3v) is 5.53. The molecule has 0 spiro atoms. The van der Waals surface area contributed by atoms with Gasteiger partial charge in [0.25, 0.3) is 0 Å². The molecule has 1 heteroatoms. The van der Waals surface area contributed by atoms with Gasteiger partial charge in [0.2, 0.25) is 0 Å². The van der Waals surface area contributed by atoms with E-state index in [0.717, 1.165) is 5.92 Å². The Morgan fingerprint density at radius 1 is 1.20 bits per heavy atom. The van der Waals surface area contributed by atoms with E-state index in [9.17, 15) is 0 Å². The summed E-state index contributed by atoms with van der Waals surface area (Å²) < 4.78 is 0. The third-order valence-electron chi connectivity index (χ3n) is 5.53. The van der Waals surface area contributed by atoms with E-state index in [0.29, 0.717) is 17.4 Å². The molecule has 1 nitrogen and oxygen atoms in total. The summed E-state index contributed by atoms with van der Waals surface area (Å²) in [7, 11) is 2.11. The molecule has 0 heterocycles. The third kappa shape index (κ3) is 3.09. The molecule has 3 atom stereocenters. The number of hydrogen-bond acceptors (Lipinski definition) is 1. The van der Waals surface area contributed by atoms with Crippen LogP contribution < -0.4 is 5.32 Å². The van der Waals surface area contributed by atoms with Crippen molar-refractivity contribution in [3.63, 3.8) is 0 Å². The van der Waals surface area contributed by atoms with Crippen LogP contribution in [0.4, 0.5) is 0 Å². The fourth-order valence-corrected chi connectivity index (χ4v) is 3.84. The summed E-state index contributed by atoms with van der Waals surface area (Å²) in [5, 5.41) is 3.58. The maximum atomic E-state index is 3.58. The van der Waals surface area contributed by atoms with Crippen molar-refractivity contribution in [3.05, 3.63) is 35.4 Å². The highest BCUT2D eigenvalue weighted by molar-refractivity contribution is 5.28. The van der Waals surface area contributed by atoms with Gasteiger partial charge in [-0.25, -0.2) is 0 Å². The van der Waals surface area contributed by atoms with Gasteiger partial charge in [0.05, 0.1) is 0 Å². The molecule has 1 aliphatic carbocycles. The highest BCUT2D eigenvalue weighted by atomic mass is 14.9. The SMILES string of the molecule is CCC(C)c1ccc(C(NC)C2CCCC2(C)C)cc1. The Labute approximate surface area is 125 Å². The second-order valence-electron chi connectivity index (χ2n) is 7.23. The van der Waals surface area contributed by atoms with Crippen LogP contribution in [0, 0.1) is 11.3 Å². The lowest BCUT2D eigenvalue weighted by atomic mass is 9.75. The monoisotopic (exact) mass is 273 g/mol. The molecule has 20 heavy (non-hydrogen) atoms. The first-order valence-electron chi connectivity index (χ1n) is 8.26. The molecule has 112 valence electrons. The maximum absolute atomic E-state index is 3.58. The zero-order valence-electron chi connectivity index (χ0n) is 13.9. The average molecular weight is 273 g/mol. The second-order valence-corrected chi connectivity index (χ2v) is 7.23. The number of hydrogen-bond donors (Lipinski definition) is 1. The van der Waals surface area contributed by atoms with Crippen LogP contribution in [0.2, 0.25) is 0 Å². The molecule has 0 radical (unpaired) electrons. The van der Waals surface area contributed by atoms with Gasteiger partial charge in [-0.05, 0) is 54.7 Å². The first-order chi connectivity index (χ1) is 9.49. The Balaban J connectivity index is 2.20. The molecule has 1 saturated carbocycles. The Bertz CT molecular complexity index is 418. The van der Waals surface area contributed by atoms with Crippen molar-refractivity contribution in [1.82, 2.24) is 5.32 Å². The van der Waals surface area contributed by atoms with Crippen LogP contribution in [-0.4, -0.2) is 7.05 Å². The predicted octanol–water partition coefficient (Wildman–Crippen LogP) is 5.29. The van der Waals surface area contributed by atoms with Crippen molar-refractivity contribution in [2.75, 3.05) is 7.05 Å². The van der Waals surface area contributed by atoms with Gasteiger partial charge in [-0.15, -0.1) is 0 Å². The van der Waals surface area contributed by atoms with Crippen LogP contribution in [0.3, 0.4) is 0 Å². The van der Waals surface area contributed by atoms with Gasteiger partial charge >= 0.3 is 0 Å². The number of nitrogens with one attached hydrogen (secondary N) is 1. The van der Waals surface area contributed by atoms with Crippen molar-refractivity contribution in [2.45, 2.75) is 65.3 Å². The topological polar surface area (TPSA) is 12.0 Å². The Hall–Kier alpha value is -0.820. The van der Waals surface area contributed by atoms with Crippen LogP contribution >= 0.6 is 0 Å². The second kappa shape index (κ2) is 6.30. The first kappa shape index (κ1) is 15.6. The van der Waals surface area contributed by atoms with E-state index >= 15 is 0 Å². The highest BCUT2D eigenvalue weighted by Crippen LogP contribution is 2.48. The van der Waals surface area contributed by atoms with Gasteiger partial charge in [0.1, 0.15) is 0 Å². The Morgan fingerprint density at radius 2 is 1.80 bits per heavy atom. The molecule has 1 aromatic rings. The fraction of sp³-hybridized carbons (Fsp3) is 0.684. The molecule has 1 fully saturated rings. The van der Waals surface area contributed by atoms with Crippen LogP contribution in [0.5, 0.6) is 0 Å². The molecule has 1 aromatic carbocycles. The summed E-state index contributed by atoms with van der Waals surface area (Å²) in [6, 6.07) is 9.85. The van der Waals surface area contributed by atoms with Gasteiger partial charge in [0.15, 0.2) is 0 Å². The summed E-state index contributed by atoms with van der Waals surface area (Å²) >= 11 is 0. The van der Waals surface area contributed by atoms with E-state index in [1.54, 1.807) is 0 Å². The van der Waals surface area contributed by atoms with E-state index < -0.39 is 0 Å². The largest absolute Gasteiger partial charge is 0.313 e. The van der Waals surface area contributed by atoms with Crippen LogP contribution in [0.15, 0.2) is 24.3 Å². The highest BCUT2D eigenvalue weighted by Gasteiger charge is 2.39. The minimum Gasteiger partial charge on any atom is -0.313 e. The molecular weight excluding hydrogens is 242 g/mol. The lowest BCUT2D eigenvalue weighted by Gasteiger charge is -2.34. The quantitative estimate of drug-likeness (QED) is 0.769.